The minimum Gasteiger partial charge on any atom is -0.444 e. The van der Waals surface area contributed by atoms with E-state index in [2.05, 4.69) is 9.72 Å². The molecule has 1 aliphatic rings. The average Bonchev–Trinajstić information content (AvgIpc) is 2.46. The molecule has 0 unspecified atom stereocenters. The van der Waals surface area contributed by atoms with E-state index in [-0.39, 0.29) is 11.8 Å². The molecule has 0 N–H and O–H groups in total. The van der Waals surface area contributed by atoms with Crippen molar-refractivity contribution >= 4 is 11.9 Å². The van der Waals surface area contributed by atoms with Crippen LogP contribution in [0.3, 0.4) is 0 Å². The molecule has 0 atom stereocenters. The summed E-state index contributed by atoms with van der Waals surface area (Å²) in [6.45, 7) is 4.86. The lowest BCUT2D eigenvalue weighted by Crippen LogP contribution is -2.50. The molecule has 1 saturated heterocycles. The maximum absolute atomic E-state index is 12.1. The second-order valence-corrected chi connectivity index (χ2v) is 6.19. The minimum absolute atomic E-state index is 0.0242. The van der Waals surface area contributed by atoms with Crippen molar-refractivity contribution in [2.24, 2.45) is 0 Å². The number of pyridine rings is 1. The molecule has 1 aliphatic heterocycles. The summed E-state index contributed by atoms with van der Waals surface area (Å²) in [5.74, 6) is 0.687. The zero-order valence-electron chi connectivity index (χ0n) is 13.5. The monoisotopic (exact) mass is 329 g/mol. The molecule has 6 nitrogen and oxygen atoms in total. The maximum Gasteiger partial charge on any atom is 0.410 e. The smallest absolute Gasteiger partial charge is 0.410 e. The fourth-order valence-corrected chi connectivity index (χ4v) is 2.18. The molecule has 0 radical (unpaired) electrons. The molecule has 1 amide bonds. The molecule has 2 heterocycles. The van der Waals surface area contributed by atoms with E-state index in [0.717, 1.165) is 0 Å². The fourth-order valence-electron chi connectivity index (χ4n) is 2.18. The second kappa shape index (κ2) is 6.97. The number of amides is 1. The second-order valence-electron chi connectivity index (χ2n) is 6.19. The number of carbonyl (C=O) groups excluding carboxylic acids is 1. The van der Waals surface area contributed by atoms with Crippen LogP contribution in [0, 0.1) is 0 Å². The molecular weight excluding hydrogens is 308 g/mol. The predicted molar refractivity (Wildman–Crippen MR) is 80.9 cm³/mol. The zero-order valence-corrected chi connectivity index (χ0v) is 13.5. The number of ether oxygens (including phenoxy) is 2. The molecule has 1 aromatic heterocycles. The van der Waals surface area contributed by atoms with Crippen molar-refractivity contribution in [1.29, 1.82) is 0 Å². The Morgan fingerprint density at radius 2 is 1.87 bits per heavy atom. The van der Waals surface area contributed by atoms with Crippen molar-refractivity contribution in [2.75, 3.05) is 31.1 Å². The van der Waals surface area contributed by atoms with E-state index in [1.54, 1.807) is 11.0 Å². The van der Waals surface area contributed by atoms with Gasteiger partial charge in [0.15, 0.2) is 0 Å². The van der Waals surface area contributed by atoms with Crippen LogP contribution in [-0.4, -0.2) is 54.4 Å². The van der Waals surface area contributed by atoms with E-state index >= 15 is 0 Å². The molecule has 0 spiro atoms. The van der Waals surface area contributed by atoms with E-state index in [9.17, 15) is 13.6 Å². The molecule has 2 rings (SSSR count). The van der Waals surface area contributed by atoms with Gasteiger partial charge >= 0.3 is 12.7 Å². The van der Waals surface area contributed by atoms with Crippen LogP contribution in [-0.2, 0) is 4.74 Å². The third-order valence-electron chi connectivity index (χ3n) is 3.20. The first-order chi connectivity index (χ1) is 10.7. The van der Waals surface area contributed by atoms with E-state index in [0.29, 0.717) is 32.0 Å². The van der Waals surface area contributed by atoms with Gasteiger partial charge in [-0.3, -0.25) is 0 Å². The van der Waals surface area contributed by atoms with Gasteiger partial charge in [-0.15, -0.1) is 0 Å². The quantitative estimate of drug-likeness (QED) is 0.853. The van der Waals surface area contributed by atoms with E-state index in [1.165, 1.54) is 12.3 Å². The van der Waals surface area contributed by atoms with Gasteiger partial charge in [0.05, 0.1) is 6.20 Å². The number of halogens is 2. The van der Waals surface area contributed by atoms with Crippen molar-refractivity contribution in [2.45, 2.75) is 33.0 Å². The maximum atomic E-state index is 12.1. The lowest BCUT2D eigenvalue weighted by molar-refractivity contribution is -0.0500. The fraction of sp³-hybridized carbons (Fsp3) is 0.600. The Morgan fingerprint density at radius 3 is 2.35 bits per heavy atom. The van der Waals surface area contributed by atoms with Crippen LogP contribution in [0.1, 0.15) is 20.8 Å². The van der Waals surface area contributed by atoms with Gasteiger partial charge in [-0.05, 0) is 32.9 Å². The number of hydrogen-bond acceptors (Lipinski definition) is 5. The number of piperazine rings is 1. The highest BCUT2D eigenvalue weighted by atomic mass is 19.3. The standard InChI is InChI=1S/C15H21F2N3O3/c1-15(2,3)23-14(21)20-8-6-19(7-9-20)12-5-4-11(10-18-12)22-13(16)17/h4-5,10,13H,6-9H2,1-3H3. The van der Waals surface area contributed by atoms with Gasteiger partial charge in [0.1, 0.15) is 17.2 Å². The van der Waals surface area contributed by atoms with Gasteiger partial charge in [0.25, 0.3) is 0 Å². The normalized spacial score (nSPS) is 15.7. The highest BCUT2D eigenvalue weighted by Gasteiger charge is 2.26. The van der Waals surface area contributed by atoms with Crippen molar-refractivity contribution in [3.63, 3.8) is 0 Å². The van der Waals surface area contributed by atoms with Gasteiger partial charge in [-0.1, -0.05) is 0 Å². The molecule has 128 valence electrons. The van der Waals surface area contributed by atoms with Crippen molar-refractivity contribution in [3.8, 4) is 5.75 Å². The first kappa shape index (κ1) is 17.2. The van der Waals surface area contributed by atoms with Gasteiger partial charge in [-0.25, -0.2) is 9.78 Å². The third-order valence-corrected chi connectivity index (χ3v) is 3.20. The number of carbonyl (C=O) groups is 1. The number of rotatable bonds is 3. The number of aromatic nitrogens is 1. The molecule has 1 fully saturated rings. The molecule has 0 bridgehead atoms. The van der Waals surface area contributed by atoms with E-state index in [1.807, 2.05) is 25.7 Å². The van der Waals surface area contributed by atoms with Crippen LogP contribution >= 0.6 is 0 Å². The van der Waals surface area contributed by atoms with Crippen molar-refractivity contribution in [1.82, 2.24) is 9.88 Å². The molecule has 0 aliphatic carbocycles. The molecule has 1 aromatic rings. The molecular formula is C15H21F2N3O3. The number of nitrogens with zero attached hydrogens (tertiary/aromatic N) is 3. The average molecular weight is 329 g/mol. The van der Waals surface area contributed by atoms with Gasteiger partial charge in [0.2, 0.25) is 0 Å². The minimum atomic E-state index is -2.86. The summed E-state index contributed by atoms with van der Waals surface area (Å²) in [6.07, 6.45) is 0.938. The summed E-state index contributed by atoms with van der Waals surface area (Å²) in [7, 11) is 0. The van der Waals surface area contributed by atoms with Gasteiger partial charge < -0.3 is 19.3 Å². The lowest BCUT2D eigenvalue weighted by atomic mass is 10.2. The Morgan fingerprint density at radius 1 is 1.22 bits per heavy atom. The van der Waals surface area contributed by atoms with Gasteiger partial charge in [-0.2, -0.15) is 8.78 Å². The summed E-state index contributed by atoms with van der Waals surface area (Å²) in [5.41, 5.74) is -0.518. The Bertz CT molecular complexity index is 524. The van der Waals surface area contributed by atoms with E-state index in [4.69, 9.17) is 4.74 Å². The third kappa shape index (κ3) is 5.22. The van der Waals surface area contributed by atoms with Gasteiger partial charge in [0, 0.05) is 26.2 Å². The van der Waals surface area contributed by atoms with Crippen LogP contribution < -0.4 is 9.64 Å². The summed E-state index contributed by atoms with van der Waals surface area (Å²) in [5, 5.41) is 0. The van der Waals surface area contributed by atoms with Crippen molar-refractivity contribution in [3.05, 3.63) is 18.3 Å². The first-order valence-electron chi connectivity index (χ1n) is 7.38. The Kier molecular flexibility index (Phi) is 5.23. The highest BCUT2D eigenvalue weighted by molar-refractivity contribution is 5.68. The van der Waals surface area contributed by atoms with Crippen LogP contribution in [0.15, 0.2) is 18.3 Å². The summed E-state index contributed by atoms with van der Waals surface area (Å²) in [6, 6.07) is 3.08. The van der Waals surface area contributed by atoms with Crippen molar-refractivity contribution < 1.29 is 23.0 Å². The number of hydrogen-bond donors (Lipinski definition) is 0. The largest absolute Gasteiger partial charge is 0.444 e. The zero-order chi connectivity index (χ0) is 17.0. The van der Waals surface area contributed by atoms with Crippen LogP contribution in [0.4, 0.5) is 19.4 Å². The highest BCUT2D eigenvalue weighted by Crippen LogP contribution is 2.19. The Balaban J connectivity index is 1.88. The lowest BCUT2D eigenvalue weighted by Gasteiger charge is -2.36. The molecule has 0 aromatic carbocycles. The molecule has 8 heteroatoms. The van der Waals surface area contributed by atoms with Crippen LogP contribution in [0.25, 0.3) is 0 Å². The molecule has 0 saturated carbocycles. The Labute approximate surface area is 134 Å². The summed E-state index contributed by atoms with van der Waals surface area (Å²) < 4.78 is 33.8. The Hall–Kier alpha value is -2.12. The number of alkyl halides is 2. The summed E-state index contributed by atoms with van der Waals surface area (Å²) in [4.78, 5) is 19.7. The first-order valence-corrected chi connectivity index (χ1v) is 7.38. The number of anilines is 1. The van der Waals surface area contributed by atoms with Crippen LogP contribution in [0.5, 0.6) is 5.75 Å². The summed E-state index contributed by atoms with van der Waals surface area (Å²) >= 11 is 0. The van der Waals surface area contributed by atoms with E-state index < -0.39 is 12.2 Å². The SMILES string of the molecule is CC(C)(C)OC(=O)N1CCN(c2ccc(OC(F)F)cn2)CC1. The predicted octanol–water partition coefficient (Wildman–Crippen LogP) is 2.74. The van der Waals surface area contributed by atoms with Crippen LogP contribution in [0.2, 0.25) is 0 Å². The molecule has 23 heavy (non-hydrogen) atoms. The topological polar surface area (TPSA) is 54.9 Å².